The molecule has 2 unspecified atom stereocenters. The summed E-state index contributed by atoms with van der Waals surface area (Å²) in [6.07, 6.45) is 0.589. The normalized spacial score (nSPS) is 16.5. The van der Waals surface area contributed by atoms with Crippen molar-refractivity contribution in [3.8, 4) is 0 Å². The largest absolute Gasteiger partial charge is 0.478 e. The van der Waals surface area contributed by atoms with Crippen LogP contribution in [0, 0.1) is 11.6 Å². The van der Waals surface area contributed by atoms with Crippen LogP contribution in [0.15, 0.2) is 91.2 Å². The van der Waals surface area contributed by atoms with Gasteiger partial charge >= 0.3 is 5.97 Å². The number of ether oxygens (including phenoxy) is 2. The van der Waals surface area contributed by atoms with E-state index in [0.717, 1.165) is 0 Å². The maximum absolute atomic E-state index is 14.7. The fraction of sp³-hybridized carbons (Fsp3) is 0.347. The van der Waals surface area contributed by atoms with Gasteiger partial charge in [-0.05, 0) is 75.2 Å². The van der Waals surface area contributed by atoms with Crippen LogP contribution in [0.2, 0.25) is 10.0 Å². The van der Waals surface area contributed by atoms with E-state index in [9.17, 15) is 38.2 Å². The van der Waals surface area contributed by atoms with Crippen LogP contribution in [0.5, 0.6) is 0 Å². The summed E-state index contributed by atoms with van der Waals surface area (Å²) in [5, 5.41) is 25.8. The molecule has 0 aliphatic carbocycles. The first kappa shape index (κ1) is 48.2. The summed E-state index contributed by atoms with van der Waals surface area (Å²) in [6, 6.07) is 16.9. The summed E-state index contributed by atoms with van der Waals surface area (Å²) in [4.78, 5) is 56.7. The highest BCUT2D eigenvalue weighted by atomic mass is 35.5. The van der Waals surface area contributed by atoms with Crippen molar-refractivity contribution in [3.05, 3.63) is 137 Å². The van der Waals surface area contributed by atoms with Gasteiger partial charge in [-0.15, -0.1) is 0 Å². The standard InChI is InChI=1S/C27H29ClFN3O5.C22H20ClFN2O5/c1-16(30-22-4-2-3-21(28)25(22)29)19-13-17(27(35)32-7-5-18(33)6-8-32)14-20-23(34)15-24(37-26(19)20)31-9-11-36-12-10-31;1-12(25-17-4-2-3-16(23)20(17)24)14-9-13(22(28)29)10-15-18(27)11-19(31-21(14)15)26-5-7-30-8-6-26/h2-4,13-16,18,30,33H,5-12H2,1H3;2-4,9-12,25H,5-8H2,1H3,(H,28,29). The topological polar surface area (TPSA) is 187 Å². The molecule has 5 heterocycles. The maximum atomic E-state index is 14.7. The van der Waals surface area contributed by atoms with Crippen LogP contribution < -0.4 is 31.3 Å². The number of nitrogens with zero attached hydrogens (tertiary/aromatic N) is 3. The predicted octanol–water partition coefficient (Wildman–Crippen LogP) is 8.49. The number of carboxylic acid groups (broad SMARTS) is 1. The Balaban J connectivity index is 0.000000187. The number of carbonyl (C=O) groups is 2. The van der Waals surface area contributed by atoms with Gasteiger partial charge in [0.2, 0.25) is 0 Å². The molecule has 3 saturated heterocycles. The third-order valence-corrected chi connectivity index (χ3v) is 12.7. The van der Waals surface area contributed by atoms with Crippen LogP contribution in [-0.2, 0) is 9.47 Å². The number of morpholine rings is 2. The van der Waals surface area contributed by atoms with E-state index in [2.05, 4.69) is 10.6 Å². The number of carbonyl (C=O) groups excluding carboxylic acids is 1. The number of hydrogen-bond acceptors (Lipinski definition) is 13. The second-order valence-corrected chi connectivity index (χ2v) is 17.6. The lowest BCUT2D eigenvalue weighted by atomic mass is 9.99. The van der Waals surface area contributed by atoms with Crippen molar-refractivity contribution in [1.82, 2.24) is 4.90 Å². The molecule has 19 heteroatoms. The molecule has 4 N–H and O–H groups in total. The van der Waals surface area contributed by atoms with Crippen molar-refractivity contribution in [1.29, 1.82) is 0 Å². The number of nitrogens with one attached hydrogen (secondary N) is 2. The lowest BCUT2D eigenvalue weighted by Gasteiger charge is -2.30. The molecule has 0 bridgehead atoms. The van der Waals surface area contributed by atoms with Crippen molar-refractivity contribution < 1.29 is 46.9 Å². The molecular weight excluding hydrogens is 927 g/mol. The molecule has 1 amide bonds. The van der Waals surface area contributed by atoms with Gasteiger partial charge in [-0.25, -0.2) is 13.6 Å². The molecule has 15 nitrogen and oxygen atoms in total. The van der Waals surface area contributed by atoms with Crippen LogP contribution in [0.1, 0.15) is 70.6 Å². The molecule has 0 saturated carbocycles. The highest BCUT2D eigenvalue weighted by Gasteiger charge is 2.27. The van der Waals surface area contributed by atoms with Crippen molar-refractivity contribution >= 4 is 80.2 Å². The number of carboxylic acids is 1. The average molecular weight is 977 g/mol. The van der Waals surface area contributed by atoms with Gasteiger partial charge in [-0.1, -0.05) is 35.3 Å². The summed E-state index contributed by atoms with van der Waals surface area (Å²) >= 11 is 11.8. The number of fused-ring (bicyclic) bond motifs is 2. The smallest absolute Gasteiger partial charge is 0.335 e. The van der Waals surface area contributed by atoms with Crippen LogP contribution in [0.4, 0.5) is 31.9 Å². The molecule has 9 rings (SSSR count). The maximum Gasteiger partial charge on any atom is 0.335 e. The number of benzene rings is 4. The Morgan fingerprint density at radius 2 is 1.09 bits per heavy atom. The Morgan fingerprint density at radius 1 is 0.662 bits per heavy atom. The van der Waals surface area contributed by atoms with E-state index in [0.29, 0.717) is 113 Å². The summed E-state index contributed by atoms with van der Waals surface area (Å²) < 4.78 is 52.2. The van der Waals surface area contributed by atoms with E-state index in [1.54, 1.807) is 42.2 Å². The minimum absolute atomic E-state index is 0.0144. The first-order valence-corrected chi connectivity index (χ1v) is 22.9. The minimum atomic E-state index is -1.18. The van der Waals surface area contributed by atoms with Crippen LogP contribution in [0.25, 0.3) is 21.9 Å². The highest BCUT2D eigenvalue weighted by molar-refractivity contribution is 6.31. The van der Waals surface area contributed by atoms with Crippen molar-refractivity contribution in [2.75, 3.05) is 86.1 Å². The minimum Gasteiger partial charge on any atom is -0.478 e. The summed E-state index contributed by atoms with van der Waals surface area (Å²) in [7, 11) is 0. The fourth-order valence-electron chi connectivity index (χ4n) is 8.42. The van der Waals surface area contributed by atoms with E-state index in [-0.39, 0.29) is 60.1 Å². The number of rotatable bonds is 10. The number of amides is 1. The molecule has 2 aromatic heterocycles. The molecule has 0 spiro atoms. The van der Waals surface area contributed by atoms with Crippen molar-refractivity contribution in [2.45, 2.75) is 44.9 Å². The number of aliphatic hydroxyl groups excluding tert-OH is 1. The number of halogens is 4. The second kappa shape index (κ2) is 21.0. The summed E-state index contributed by atoms with van der Waals surface area (Å²) in [5.41, 5.74) is 1.55. The van der Waals surface area contributed by atoms with Gasteiger partial charge in [0, 0.05) is 68.1 Å². The third-order valence-electron chi connectivity index (χ3n) is 12.2. The summed E-state index contributed by atoms with van der Waals surface area (Å²) in [5.74, 6) is -1.81. The van der Waals surface area contributed by atoms with Gasteiger partial charge in [0.05, 0.1) is 82.4 Å². The van der Waals surface area contributed by atoms with Crippen LogP contribution in [-0.4, -0.2) is 98.8 Å². The molecule has 2 atom stereocenters. The number of aliphatic hydroxyl groups is 1. The number of aromatic carboxylic acids is 1. The first-order valence-electron chi connectivity index (χ1n) is 22.2. The Labute approximate surface area is 398 Å². The summed E-state index contributed by atoms with van der Waals surface area (Å²) in [6.45, 7) is 8.78. The Hall–Kier alpha value is -6.24. The molecule has 6 aromatic rings. The SMILES string of the molecule is CC(Nc1cccc(Cl)c1F)c1cc(C(=O)N2CCC(O)CC2)cc2c(=O)cc(N3CCOCC3)oc12.CC(Nc1cccc(Cl)c1F)c1cc(C(=O)O)cc2c(=O)cc(N3CCOCC3)oc12. The first-order chi connectivity index (χ1) is 32.7. The van der Waals surface area contributed by atoms with Gasteiger partial charge in [-0.2, -0.15) is 0 Å². The molecule has 3 aliphatic heterocycles. The Bertz CT molecular complexity index is 2970. The van der Waals surface area contributed by atoms with E-state index in [4.69, 9.17) is 41.5 Å². The molecular formula is C49H49Cl2F2N5O10. The lowest BCUT2D eigenvalue weighted by molar-refractivity contribution is 0.0546. The number of likely N-dealkylation sites (tertiary alicyclic amines) is 1. The molecule has 358 valence electrons. The van der Waals surface area contributed by atoms with Gasteiger partial charge in [0.15, 0.2) is 34.3 Å². The monoisotopic (exact) mass is 975 g/mol. The molecule has 4 aromatic carbocycles. The Morgan fingerprint density at radius 3 is 1.53 bits per heavy atom. The van der Waals surface area contributed by atoms with Crippen molar-refractivity contribution in [2.24, 2.45) is 0 Å². The second-order valence-electron chi connectivity index (χ2n) is 16.7. The number of hydrogen-bond donors (Lipinski definition) is 4. The predicted molar refractivity (Wildman–Crippen MR) is 256 cm³/mol. The molecule has 3 aliphatic rings. The third kappa shape index (κ3) is 10.6. The zero-order valence-electron chi connectivity index (χ0n) is 37.2. The lowest BCUT2D eigenvalue weighted by Crippen LogP contribution is -2.40. The quantitative estimate of drug-likeness (QED) is 0.102. The average Bonchev–Trinajstić information content (AvgIpc) is 3.34. The number of anilines is 4. The van der Waals surface area contributed by atoms with Gasteiger partial charge in [0.1, 0.15) is 11.2 Å². The van der Waals surface area contributed by atoms with E-state index in [1.807, 2.05) is 16.7 Å². The van der Waals surface area contributed by atoms with E-state index in [1.165, 1.54) is 42.5 Å². The van der Waals surface area contributed by atoms with Gasteiger partial charge in [-0.3, -0.25) is 14.4 Å². The van der Waals surface area contributed by atoms with E-state index >= 15 is 0 Å². The number of piperidine rings is 1. The van der Waals surface area contributed by atoms with Gasteiger partial charge in [0.25, 0.3) is 5.91 Å². The Kier molecular flexibility index (Phi) is 14.9. The highest BCUT2D eigenvalue weighted by Crippen LogP contribution is 2.35. The molecule has 68 heavy (non-hydrogen) atoms. The zero-order chi connectivity index (χ0) is 48.2. The zero-order valence-corrected chi connectivity index (χ0v) is 38.7. The molecule has 0 radical (unpaired) electrons. The molecule has 3 fully saturated rings. The van der Waals surface area contributed by atoms with Crippen molar-refractivity contribution in [3.63, 3.8) is 0 Å². The van der Waals surface area contributed by atoms with E-state index < -0.39 is 35.8 Å². The van der Waals surface area contributed by atoms with Crippen LogP contribution in [0.3, 0.4) is 0 Å². The van der Waals surface area contributed by atoms with Gasteiger partial charge < -0.3 is 53.9 Å². The fourth-order valence-corrected chi connectivity index (χ4v) is 8.77. The van der Waals surface area contributed by atoms with Crippen LogP contribution >= 0.6 is 23.2 Å².